The van der Waals surface area contributed by atoms with Crippen molar-refractivity contribution in [2.75, 3.05) is 6.61 Å². The minimum absolute atomic E-state index is 0.0989. The molecule has 1 aromatic carbocycles. The summed E-state index contributed by atoms with van der Waals surface area (Å²) in [6, 6.07) is 4.30. The third-order valence-corrected chi connectivity index (χ3v) is 5.33. The highest BCUT2D eigenvalue weighted by Gasteiger charge is 2.39. The Bertz CT molecular complexity index is 1070. The second-order valence-corrected chi connectivity index (χ2v) is 7.51. The van der Waals surface area contributed by atoms with E-state index in [0.717, 1.165) is 0 Å². The van der Waals surface area contributed by atoms with Gasteiger partial charge in [0.2, 0.25) is 0 Å². The maximum Gasteiger partial charge on any atom is 0.338 e. The van der Waals surface area contributed by atoms with E-state index in [9.17, 15) is 19.5 Å². The van der Waals surface area contributed by atoms with Crippen LogP contribution in [-0.4, -0.2) is 39.4 Å². The first kappa shape index (κ1) is 21.8. The second kappa shape index (κ2) is 9.27. The van der Waals surface area contributed by atoms with E-state index in [4.69, 9.17) is 32.7 Å². The molecule has 0 bridgehead atoms. The van der Waals surface area contributed by atoms with E-state index in [1.807, 2.05) is 0 Å². The number of carbonyl (C=O) groups excluding carboxylic acids is 1. The average molecular weight is 506 g/mol. The molecule has 29 heavy (non-hydrogen) atoms. The van der Waals surface area contributed by atoms with Gasteiger partial charge in [0.05, 0.1) is 27.8 Å². The standard InChI is InChI=1S/C18H15BrCl2N2O6/c19-4-3-10-7-23(18(27)22-16(10)25)15-6-13(14(8-24)28-15)29-17(26)9-1-2-11(20)12(21)5-9/h1-5,7,13-15,24H,6,8H2,(H,22,25,27)/t13-,14+,15+/m0/s1. The van der Waals surface area contributed by atoms with Crippen molar-refractivity contribution in [3.8, 4) is 0 Å². The molecule has 3 atom stereocenters. The maximum atomic E-state index is 12.4. The largest absolute Gasteiger partial charge is 0.456 e. The highest BCUT2D eigenvalue weighted by Crippen LogP contribution is 2.31. The SMILES string of the molecule is O=C(O[C@H]1C[C@H](n2cc(C=CBr)c(=O)[nH]c2=O)O[C@@H]1CO)c1ccc(Cl)c(Cl)c1. The van der Waals surface area contributed by atoms with Gasteiger partial charge in [-0.15, -0.1) is 0 Å². The smallest absolute Gasteiger partial charge is 0.338 e. The first-order valence-electron chi connectivity index (χ1n) is 8.38. The number of rotatable bonds is 5. The number of halogens is 3. The van der Waals surface area contributed by atoms with Crippen LogP contribution in [0.3, 0.4) is 0 Å². The molecule has 0 amide bonds. The quantitative estimate of drug-likeness (QED) is 0.604. The zero-order chi connectivity index (χ0) is 21.1. The normalized spacial score (nSPS) is 21.6. The summed E-state index contributed by atoms with van der Waals surface area (Å²) in [6.45, 7) is -0.428. The van der Waals surface area contributed by atoms with Gasteiger partial charge in [0.1, 0.15) is 18.4 Å². The Morgan fingerprint density at radius 1 is 1.38 bits per heavy atom. The number of aliphatic hydroxyl groups is 1. The van der Waals surface area contributed by atoms with Gasteiger partial charge in [0, 0.05) is 12.6 Å². The van der Waals surface area contributed by atoms with Gasteiger partial charge >= 0.3 is 11.7 Å². The topological polar surface area (TPSA) is 111 Å². The van der Waals surface area contributed by atoms with Crippen molar-refractivity contribution in [2.24, 2.45) is 0 Å². The molecule has 3 rings (SSSR count). The fourth-order valence-corrected chi connectivity index (χ4v) is 3.47. The van der Waals surface area contributed by atoms with Gasteiger partial charge in [0.25, 0.3) is 5.56 Å². The number of nitrogens with one attached hydrogen (secondary N) is 1. The lowest BCUT2D eigenvalue weighted by molar-refractivity contribution is -0.0521. The number of H-pyrrole nitrogens is 1. The van der Waals surface area contributed by atoms with Crippen molar-refractivity contribution < 1.29 is 19.4 Å². The molecule has 1 aliphatic rings. The van der Waals surface area contributed by atoms with Gasteiger partial charge < -0.3 is 14.6 Å². The molecule has 1 fully saturated rings. The Kier molecular flexibility index (Phi) is 6.97. The number of aromatic nitrogens is 2. The highest BCUT2D eigenvalue weighted by atomic mass is 79.9. The monoisotopic (exact) mass is 504 g/mol. The van der Waals surface area contributed by atoms with E-state index in [0.29, 0.717) is 5.02 Å². The first-order valence-corrected chi connectivity index (χ1v) is 10.1. The third kappa shape index (κ3) is 4.81. The number of hydrogen-bond donors (Lipinski definition) is 2. The lowest BCUT2D eigenvalue weighted by Gasteiger charge is -2.16. The summed E-state index contributed by atoms with van der Waals surface area (Å²) in [5, 5.41) is 10.1. The molecular formula is C18H15BrCl2N2O6. The van der Waals surface area contributed by atoms with Crippen LogP contribution < -0.4 is 11.2 Å². The Morgan fingerprint density at radius 2 is 2.14 bits per heavy atom. The zero-order valence-electron chi connectivity index (χ0n) is 14.7. The number of ether oxygens (including phenoxy) is 2. The van der Waals surface area contributed by atoms with Crippen molar-refractivity contribution in [1.29, 1.82) is 0 Å². The van der Waals surface area contributed by atoms with Crippen LogP contribution in [-0.2, 0) is 9.47 Å². The number of benzene rings is 1. The minimum Gasteiger partial charge on any atom is -0.456 e. The Hall–Kier alpha value is -1.91. The number of hydrogen-bond acceptors (Lipinski definition) is 6. The molecule has 0 aliphatic carbocycles. The van der Waals surface area contributed by atoms with Gasteiger partial charge in [-0.05, 0) is 29.3 Å². The zero-order valence-corrected chi connectivity index (χ0v) is 17.8. The molecule has 1 aromatic heterocycles. The van der Waals surface area contributed by atoms with Crippen LogP contribution in [0, 0.1) is 0 Å². The Morgan fingerprint density at radius 3 is 2.79 bits per heavy atom. The number of carbonyl (C=O) groups is 1. The summed E-state index contributed by atoms with van der Waals surface area (Å²) in [5.74, 6) is -0.673. The lowest BCUT2D eigenvalue weighted by atomic mass is 10.1. The van der Waals surface area contributed by atoms with E-state index in [-0.39, 0.29) is 22.6 Å². The first-order chi connectivity index (χ1) is 13.8. The predicted octanol–water partition coefficient (Wildman–Crippen LogP) is 2.71. The summed E-state index contributed by atoms with van der Waals surface area (Å²) in [6.07, 6.45) is 0.394. The molecule has 2 heterocycles. The molecule has 2 aromatic rings. The van der Waals surface area contributed by atoms with Crippen molar-refractivity contribution in [1.82, 2.24) is 9.55 Å². The van der Waals surface area contributed by atoms with Crippen LogP contribution in [0.2, 0.25) is 10.0 Å². The molecule has 11 heteroatoms. The van der Waals surface area contributed by atoms with E-state index < -0.39 is 42.3 Å². The predicted molar refractivity (Wildman–Crippen MR) is 111 cm³/mol. The maximum absolute atomic E-state index is 12.4. The molecule has 154 valence electrons. The molecule has 1 aliphatic heterocycles. The van der Waals surface area contributed by atoms with E-state index in [2.05, 4.69) is 20.9 Å². The third-order valence-electron chi connectivity index (χ3n) is 4.32. The molecule has 1 saturated heterocycles. The van der Waals surface area contributed by atoms with Crippen molar-refractivity contribution in [3.63, 3.8) is 0 Å². The van der Waals surface area contributed by atoms with Crippen LogP contribution in [0.5, 0.6) is 0 Å². The molecule has 0 unspecified atom stereocenters. The van der Waals surface area contributed by atoms with Crippen LogP contribution in [0.1, 0.15) is 28.6 Å². The fraction of sp³-hybridized carbons (Fsp3) is 0.278. The summed E-state index contributed by atoms with van der Waals surface area (Å²) < 4.78 is 12.3. The van der Waals surface area contributed by atoms with Gasteiger partial charge in [-0.25, -0.2) is 9.59 Å². The Balaban J connectivity index is 1.82. The molecule has 2 N–H and O–H groups in total. The van der Waals surface area contributed by atoms with Gasteiger partial charge in [-0.3, -0.25) is 14.3 Å². The Labute approximate surface area is 182 Å². The van der Waals surface area contributed by atoms with Gasteiger partial charge in [-0.1, -0.05) is 39.1 Å². The number of aromatic amines is 1. The second-order valence-electron chi connectivity index (χ2n) is 6.16. The summed E-state index contributed by atoms with van der Waals surface area (Å²) in [7, 11) is 0. The van der Waals surface area contributed by atoms with Crippen LogP contribution in [0.15, 0.2) is 39.0 Å². The van der Waals surface area contributed by atoms with Crippen LogP contribution >= 0.6 is 39.1 Å². The van der Waals surface area contributed by atoms with E-state index in [1.165, 1.54) is 40.0 Å². The minimum atomic E-state index is -0.847. The molecule has 8 nitrogen and oxygen atoms in total. The summed E-state index contributed by atoms with van der Waals surface area (Å²) >= 11 is 14.8. The fourth-order valence-electron chi connectivity index (χ4n) is 2.89. The lowest BCUT2D eigenvalue weighted by Crippen LogP contribution is -2.33. The van der Waals surface area contributed by atoms with Gasteiger partial charge in [-0.2, -0.15) is 0 Å². The average Bonchev–Trinajstić information content (AvgIpc) is 3.08. The van der Waals surface area contributed by atoms with Gasteiger partial charge in [0.15, 0.2) is 0 Å². The summed E-state index contributed by atoms with van der Waals surface area (Å²) in [5.41, 5.74) is -0.825. The van der Waals surface area contributed by atoms with Crippen LogP contribution in [0.25, 0.3) is 6.08 Å². The number of esters is 1. The molecule has 0 saturated carbocycles. The van der Waals surface area contributed by atoms with E-state index in [1.54, 1.807) is 0 Å². The molecular weight excluding hydrogens is 491 g/mol. The van der Waals surface area contributed by atoms with Crippen molar-refractivity contribution in [2.45, 2.75) is 24.9 Å². The molecule has 0 radical (unpaired) electrons. The van der Waals surface area contributed by atoms with Crippen LogP contribution in [0.4, 0.5) is 0 Å². The molecule has 0 spiro atoms. The summed E-state index contributed by atoms with van der Waals surface area (Å²) in [4.78, 5) is 40.1. The van der Waals surface area contributed by atoms with Crippen molar-refractivity contribution >= 4 is 51.2 Å². The highest BCUT2D eigenvalue weighted by molar-refractivity contribution is 9.11. The number of nitrogens with zero attached hydrogens (tertiary/aromatic N) is 1. The van der Waals surface area contributed by atoms with E-state index >= 15 is 0 Å². The van der Waals surface area contributed by atoms with Crippen molar-refractivity contribution in [3.05, 3.63) is 71.4 Å². The number of aliphatic hydroxyl groups excluding tert-OH is 1.